The summed E-state index contributed by atoms with van der Waals surface area (Å²) in [7, 11) is 0. The van der Waals surface area contributed by atoms with Crippen LogP contribution >= 0.6 is 11.3 Å². The lowest BCUT2D eigenvalue weighted by molar-refractivity contribution is 1.03. The molecule has 1 atom stereocenters. The summed E-state index contributed by atoms with van der Waals surface area (Å²) in [5, 5.41) is 16.1. The largest absolute Gasteiger partial charge is 0.363 e. The fourth-order valence-corrected chi connectivity index (χ4v) is 9.16. The Morgan fingerprint density at radius 1 is 0.500 bits per heavy atom. The summed E-state index contributed by atoms with van der Waals surface area (Å²) in [6.07, 6.45) is 0. The van der Waals surface area contributed by atoms with Crippen molar-refractivity contribution in [1.29, 1.82) is 0 Å². The zero-order valence-corrected chi connectivity index (χ0v) is 27.8. The van der Waals surface area contributed by atoms with E-state index >= 15 is 0 Å². The Bertz CT molecular complexity index is 3040. The van der Waals surface area contributed by atoms with Crippen LogP contribution < -0.4 is 5.32 Å². The molecular weight excluding hydrogens is 627 g/mol. The Balaban J connectivity index is 1.18. The molecule has 3 heterocycles. The number of hydrogen-bond acceptors (Lipinski definition) is 3. The quantitative estimate of drug-likeness (QED) is 0.202. The molecule has 234 valence electrons. The second-order valence-corrected chi connectivity index (χ2v) is 14.3. The molecule has 1 unspecified atom stereocenters. The molecule has 0 saturated heterocycles. The van der Waals surface area contributed by atoms with Crippen molar-refractivity contribution >= 4 is 91.9 Å². The number of anilines is 1. The third-order valence-electron chi connectivity index (χ3n) is 10.4. The van der Waals surface area contributed by atoms with E-state index in [-0.39, 0.29) is 6.04 Å². The van der Waals surface area contributed by atoms with Gasteiger partial charge in [-0.05, 0) is 68.9 Å². The summed E-state index contributed by atoms with van der Waals surface area (Å²) in [5.41, 5.74) is 7.99. The summed E-state index contributed by atoms with van der Waals surface area (Å²) in [4.78, 5) is 5.58. The van der Waals surface area contributed by atoms with Gasteiger partial charge in [-0.2, -0.15) is 0 Å². The first-order valence-corrected chi connectivity index (χ1v) is 17.9. The first-order valence-electron chi connectivity index (χ1n) is 17.1. The molecule has 3 nitrogen and oxygen atoms in total. The highest BCUT2D eigenvalue weighted by atomic mass is 32.1. The fourth-order valence-electron chi connectivity index (χ4n) is 8.09. The van der Waals surface area contributed by atoms with Crippen molar-refractivity contribution in [3.05, 3.63) is 175 Å². The number of nitrogens with zero attached hydrogens (tertiary/aromatic N) is 2. The molecule has 0 bridgehead atoms. The summed E-state index contributed by atoms with van der Waals surface area (Å²) < 4.78 is 3.70. The zero-order chi connectivity index (χ0) is 32.8. The SMILES string of the molecule is c1ccc2cc(C3Nc4sc5ccccc5c4N=C3c3ccc(-n4c5ccccc5c5cc6ccccc6cc54)c4ccccc34)ccc2c1. The molecule has 1 aliphatic rings. The number of para-hydroxylation sites is 1. The number of nitrogens with one attached hydrogen (secondary N) is 1. The van der Waals surface area contributed by atoms with E-state index in [9.17, 15) is 0 Å². The lowest BCUT2D eigenvalue weighted by Crippen LogP contribution is -2.24. The Morgan fingerprint density at radius 2 is 1.16 bits per heavy atom. The van der Waals surface area contributed by atoms with E-state index in [0.29, 0.717) is 0 Å². The topological polar surface area (TPSA) is 29.3 Å². The van der Waals surface area contributed by atoms with Crippen molar-refractivity contribution in [1.82, 2.24) is 4.57 Å². The van der Waals surface area contributed by atoms with E-state index in [4.69, 9.17) is 4.99 Å². The molecular formula is C46H29N3S. The van der Waals surface area contributed by atoms with Gasteiger partial charge in [-0.25, -0.2) is 4.99 Å². The van der Waals surface area contributed by atoms with E-state index in [2.05, 4.69) is 174 Å². The van der Waals surface area contributed by atoms with E-state index in [1.165, 1.54) is 75.5 Å². The molecule has 4 heteroatoms. The number of aromatic nitrogens is 1. The average Bonchev–Trinajstić information content (AvgIpc) is 3.70. The third kappa shape index (κ3) is 4.06. The number of hydrogen-bond donors (Lipinski definition) is 1. The van der Waals surface area contributed by atoms with E-state index in [1.807, 2.05) is 0 Å². The molecule has 2 aromatic heterocycles. The molecule has 0 fully saturated rings. The Morgan fingerprint density at radius 3 is 2.00 bits per heavy atom. The van der Waals surface area contributed by atoms with Crippen molar-refractivity contribution < 1.29 is 0 Å². The standard InChI is InChI=1S/C46H29N3S/c1-2-12-29-25-32(22-21-28(29)11-1)43-44(47-45-37-18-8-10-20-42(37)50-46(45)48-43)36-23-24-40(34-16-6-5-15-33(34)36)49-39-19-9-7-17-35(39)38-26-30-13-3-4-14-31(30)27-41(38)49/h1-27,43,48H. The normalized spacial score (nSPS) is 14.5. The number of benzene rings is 8. The van der Waals surface area contributed by atoms with Crippen LogP contribution in [0.4, 0.5) is 10.7 Å². The third-order valence-corrected chi connectivity index (χ3v) is 11.5. The van der Waals surface area contributed by atoms with Gasteiger partial charge in [-0.3, -0.25) is 0 Å². The molecule has 10 aromatic rings. The Labute approximate surface area is 292 Å². The van der Waals surface area contributed by atoms with Crippen molar-refractivity contribution in [2.45, 2.75) is 6.04 Å². The van der Waals surface area contributed by atoms with Crippen LogP contribution in [-0.2, 0) is 0 Å². The van der Waals surface area contributed by atoms with Gasteiger partial charge < -0.3 is 9.88 Å². The van der Waals surface area contributed by atoms with E-state index in [0.717, 1.165) is 22.0 Å². The van der Waals surface area contributed by atoms with Crippen LogP contribution in [0.3, 0.4) is 0 Å². The molecule has 50 heavy (non-hydrogen) atoms. The number of aliphatic imine (C=N–C) groups is 1. The van der Waals surface area contributed by atoms with Crippen LogP contribution in [0.5, 0.6) is 0 Å². The molecule has 8 aromatic carbocycles. The monoisotopic (exact) mass is 655 g/mol. The predicted octanol–water partition coefficient (Wildman–Crippen LogP) is 12.7. The van der Waals surface area contributed by atoms with Crippen molar-refractivity contribution in [3.8, 4) is 5.69 Å². The van der Waals surface area contributed by atoms with Gasteiger partial charge in [0.2, 0.25) is 0 Å². The van der Waals surface area contributed by atoms with Crippen LogP contribution in [0.1, 0.15) is 17.2 Å². The number of fused-ring (bicyclic) bond motifs is 9. The van der Waals surface area contributed by atoms with Crippen LogP contribution in [0.2, 0.25) is 0 Å². The lowest BCUT2D eigenvalue weighted by atomic mass is 9.90. The molecule has 1 aliphatic heterocycles. The van der Waals surface area contributed by atoms with Crippen LogP contribution in [0.15, 0.2) is 169 Å². The first kappa shape index (κ1) is 27.7. The van der Waals surface area contributed by atoms with Gasteiger partial charge in [0.1, 0.15) is 10.7 Å². The minimum absolute atomic E-state index is 0.117. The Kier molecular flexibility index (Phi) is 5.89. The second kappa shape index (κ2) is 10.6. The molecule has 0 radical (unpaired) electrons. The second-order valence-electron chi connectivity index (χ2n) is 13.2. The van der Waals surface area contributed by atoms with Gasteiger partial charge in [-0.15, -0.1) is 11.3 Å². The van der Waals surface area contributed by atoms with Crippen molar-refractivity contribution in [2.24, 2.45) is 4.99 Å². The number of thiophene rings is 1. The van der Waals surface area contributed by atoms with Gasteiger partial charge in [0, 0.05) is 31.8 Å². The smallest absolute Gasteiger partial charge is 0.116 e. The summed E-state index contributed by atoms with van der Waals surface area (Å²) in [6.45, 7) is 0. The molecule has 0 saturated carbocycles. The van der Waals surface area contributed by atoms with E-state index in [1.54, 1.807) is 11.3 Å². The molecule has 1 N–H and O–H groups in total. The highest BCUT2D eigenvalue weighted by molar-refractivity contribution is 7.23. The summed E-state index contributed by atoms with van der Waals surface area (Å²) in [5.74, 6) is 0. The molecule has 11 rings (SSSR count). The molecule has 0 spiro atoms. The Hall–Kier alpha value is -6.23. The maximum atomic E-state index is 5.58. The van der Waals surface area contributed by atoms with Crippen LogP contribution in [0.25, 0.3) is 69.9 Å². The lowest BCUT2D eigenvalue weighted by Gasteiger charge is -2.27. The maximum Gasteiger partial charge on any atom is 0.116 e. The van der Waals surface area contributed by atoms with Crippen molar-refractivity contribution in [2.75, 3.05) is 5.32 Å². The fraction of sp³-hybridized carbons (Fsp3) is 0.0217. The first-order chi connectivity index (χ1) is 24.8. The summed E-state index contributed by atoms with van der Waals surface area (Å²) >= 11 is 1.78. The minimum Gasteiger partial charge on any atom is -0.363 e. The van der Waals surface area contributed by atoms with Gasteiger partial charge in [0.15, 0.2) is 0 Å². The highest BCUT2D eigenvalue weighted by Gasteiger charge is 2.30. The maximum absolute atomic E-state index is 5.58. The predicted molar refractivity (Wildman–Crippen MR) is 214 cm³/mol. The van der Waals surface area contributed by atoms with Crippen LogP contribution in [0, 0.1) is 0 Å². The minimum atomic E-state index is -0.117. The van der Waals surface area contributed by atoms with Gasteiger partial charge in [0.05, 0.1) is 28.5 Å². The van der Waals surface area contributed by atoms with Gasteiger partial charge >= 0.3 is 0 Å². The van der Waals surface area contributed by atoms with Crippen LogP contribution in [-0.4, -0.2) is 10.3 Å². The van der Waals surface area contributed by atoms with Gasteiger partial charge in [-0.1, -0.05) is 127 Å². The average molecular weight is 656 g/mol. The van der Waals surface area contributed by atoms with Crippen molar-refractivity contribution in [3.63, 3.8) is 0 Å². The molecule has 0 amide bonds. The highest BCUT2D eigenvalue weighted by Crippen LogP contribution is 2.48. The number of rotatable bonds is 3. The molecule has 0 aliphatic carbocycles. The van der Waals surface area contributed by atoms with E-state index < -0.39 is 0 Å². The summed E-state index contributed by atoms with van der Waals surface area (Å²) in [6, 6.07) is 59.5. The van der Waals surface area contributed by atoms with Gasteiger partial charge in [0.25, 0.3) is 0 Å². The zero-order valence-electron chi connectivity index (χ0n) is 27.0.